The molecule has 7 heteroatoms. The van der Waals surface area contributed by atoms with Crippen LogP contribution in [0.2, 0.25) is 0 Å². The molecule has 0 N–H and O–H groups in total. The van der Waals surface area contributed by atoms with Crippen molar-refractivity contribution in [1.29, 1.82) is 0 Å². The molecule has 4 aromatic rings. The highest BCUT2D eigenvalue weighted by Gasteiger charge is 2.14. The minimum Gasteiger partial charge on any atom is -0.456 e. The lowest BCUT2D eigenvalue weighted by Crippen LogP contribution is -2.16. The van der Waals surface area contributed by atoms with Crippen molar-refractivity contribution in [2.75, 3.05) is 0 Å². The maximum absolute atomic E-state index is 12.6. The number of rotatable bonds is 3. The number of hydrogen-bond acceptors (Lipinski definition) is 6. The van der Waals surface area contributed by atoms with E-state index >= 15 is 0 Å². The van der Waals surface area contributed by atoms with E-state index < -0.39 is 5.97 Å². The lowest BCUT2D eigenvalue weighted by molar-refractivity contribution is 0.0470. The van der Waals surface area contributed by atoms with Crippen LogP contribution >= 0.6 is 11.3 Å². The topological polar surface area (TPSA) is 73.6 Å². The van der Waals surface area contributed by atoms with Gasteiger partial charge in [0.15, 0.2) is 4.96 Å². The second-order valence-corrected chi connectivity index (χ2v) is 6.82. The van der Waals surface area contributed by atoms with Crippen LogP contribution in [-0.2, 0) is 11.3 Å². The molecule has 3 aromatic heterocycles. The summed E-state index contributed by atoms with van der Waals surface area (Å²) in [6.07, 6.45) is 0. The third-order valence-electron chi connectivity index (χ3n) is 4.04. The van der Waals surface area contributed by atoms with Gasteiger partial charge >= 0.3 is 5.97 Å². The van der Waals surface area contributed by atoms with E-state index in [1.54, 1.807) is 6.07 Å². The average molecular weight is 365 g/mol. The maximum Gasteiger partial charge on any atom is 0.339 e. The van der Waals surface area contributed by atoms with Crippen LogP contribution in [0.5, 0.6) is 0 Å². The van der Waals surface area contributed by atoms with Crippen LogP contribution in [0.25, 0.3) is 15.9 Å². The summed E-state index contributed by atoms with van der Waals surface area (Å²) in [6, 6.07) is 10.5. The van der Waals surface area contributed by atoms with Gasteiger partial charge in [0.05, 0.1) is 16.8 Å². The van der Waals surface area contributed by atoms with Crippen molar-refractivity contribution in [3.05, 3.63) is 74.8 Å². The molecule has 26 heavy (non-hydrogen) atoms. The fraction of sp³-hybridized carbons (Fsp3) is 0.158. The maximum atomic E-state index is 12.6. The number of thiazole rings is 1. The average Bonchev–Trinajstić information content (AvgIpc) is 3.00. The van der Waals surface area contributed by atoms with Gasteiger partial charge in [-0.2, -0.15) is 0 Å². The summed E-state index contributed by atoms with van der Waals surface area (Å²) in [6.45, 7) is 3.62. The first-order valence-electron chi connectivity index (χ1n) is 8.03. The number of carbonyl (C=O) groups is 1. The highest BCUT2D eigenvalue weighted by atomic mass is 32.1. The van der Waals surface area contributed by atoms with Gasteiger partial charge in [-0.25, -0.2) is 9.78 Å². The molecule has 0 fully saturated rings. The number of aryl methyl sites for hydroxylation is 2. The third kappa shape index (κ3) is 2.86. The molecule has 0 aliphatic carbocycles. The summed E-state index contributed by atoms with van der Waals surface area (Å²) in [5.41, 5.74) is 3.03. The van der Waals surface area contributed by atoms with Gasteiger partial charge in [0.1, 0.15) is 6.61 Å². The van der Waals surface area contributed by atoms with Crippen LogP contribution in [0, 0.1) is 13.8 Å². The zero-order valence-electron chi connectivity index (χ0n) is 14.2. The third-order valence-corrected chi connectivity index (χ3v) is 4.99. The second kappa shape index (κ2) is 6.34. The van der Waals surface area contributed by atoms with Crippen molar-refractivity contribution in [2.45, 2.75) is 20.5 Å². The molecule has 4 rings (SSSR count). The lowest BCUT2D eigenvalue weighted by Gasteiger charge is -2.08. The number of fused-ring (bicyclic) bond motifs is 2. The van der Waals surface area contributed by atoms with Crippen molar-refractivity contribution in [2.24, 2.45) is 0 Å². The standard InChI is InChI=1S/C19H15N3O3S/c1-11-7-15(14-5-3-4-6-16(14)20-11)18(24)25-9-13-8-17(23)22-12(2)10-26-19(22)21-13/h3-8,10H,9H2,1-2H3. The molecule has 0 bridgehead atoms. The molecule has 0 radical (unpaired) electrons. The van der Waals surface area contributed by atoms with E-state index in [0.29, 0.717) is 16.2 Å². The number of carbonyl (C=O) groups excluding carboxylic acids is 1. The molecule has 0 spiro atoms. The number of benzene rings is 1. The summed E-state index contributed by atoms with van der Waals surface area (Å²) in [4.78, 5) is 34.2. The van der Waals surface area contributed by atoms with Crippen LogP contribution in [0.1, 0.15) is 27.4 Å². The summed E-state index contributed by atoms with van der Waals surface area (Å²) >= 11 is 1.38. The molecule has 0 aliphatic heterocycles. The van der Waals surface area contributed by atoms with Gasteiger partial charge in [0, 0.05) is 28.2 Å². The summed E-state index contributed by atoms with van der Waals surface area (Å²) in [7, 11) is 0. The normalized spacial score (nSPS) is 11.2. The van der Waals surface area contributed by atoms with E-state index in [0.717, 1.165) is 22.3 Å². The predicted octanol–water partition coefficient (Wildman–Crippen LogP) is 3.28. The highest BCUT2D eigenvalue weighted by molar-refractivity contribution is 7.15. The van der Waals surface area contributed by atoms with Crippen molar-refractivity contribution in [1.82, 2.24) is 14.4 Å². The zero-order chi connectivity index (χ0) is 18.3. The lowest BCUT2D eigenvalue weighted by atomic mass is 10.1. The monoisotopic (exact) mass is 365 g/mol. The van der Waals surface area contributed by atoms with E-state index in [-0.39, 0.29) is 12.2 Å². The van der Waals surface area contributed by atoms with Crippen LogP contribution < -0.4 is 5.56 Å². The van der Waals surface area contributed by atoms with Crippen molar-refractivity contribution in [3.63, 3.8) is 0 Å². The first-order valence-corrected chi connectivity index (χ1v) is 8.91. The van der Waals surface area contributed by atoms with Gasteiger partial charge in [0.25, 0.3) is 5.56 Å². The van der Waals surface area contributed by atoms with Crippen molar-refractivity contribution < 1.29 is 9.53 Å². The number of ether oxygens (including phenoxy) is 1. The first-order chi connectivity index (χ1) is 12.5. The second-order valence-electron chi connectivity index (χ2n) is 5.99. The highest BCUT2D eigenvalue weighted by Crippen LogP contribution is 2.19. The van der Waals surface area contributed by atoms with Gasteiger partial charge in [-0.15, -0.1) is 11.3 Å². The van der Waals surface area contributed by atoms with E-state index in [2.05, 4.69) is 9.97 Å². The number of esters is 1. The fourth-order valence-electron chi connectivity index (χ4n) is 2.87. The van der Waals surface area contributed by atoms with Gasteiger partial charge in [0.2, 0.25) is 0 Å². The van der Waals surface area contributed by atoms with Gasteiger partial charge in [-0.1, -0.05) is 18.2 Å². The first kappa shape index (κ1) is 16.4. The SMILES string of the molecule is Cc1cc(C(=O)OCc2cc(=O)n3c(C)csc3n2)c2ccccc2n1. The van der Waals surface area contributed by atoms with E-state index in [9.17, 15) is 9.59 Å². The van der Waals surface area contributed by atoms with Gasteiger partial charge in [-0.3, -0.25) is 14.2 Å². The van der Waals surface area contributed by atoms with Gasteiger partial charge in [-0.05, 0) is 26.0 Å². The molecule has 0 atom stereocenters. The summed E-state index contributed by atoms with van der Waals surface area (Å²) in [5.74, 6) is -0.462. The van der Waals surface area contributed by atoms with Crippen molar-refractivity contribution in [3.8, 4) is 0 Å². The number of aromatic nitrogens is 3. The molecular weight excluding hydrogens is 350 g/mol. The Morgan fingerprint density at radius 3 is 2.85 bits per heavy atom. The minimum atomic E-state index is -0.462. The smallest absolute Gasteiger partial charge is 0.339 e. The molecule has 0 amide bonds. The Bertz CT molecular complexity index is 1210. The Labute approximate surface area is 152 Å². The van der Waals surface area contributed by atoms with Crippen LogP contribution in [0.15, 0.2) is 46.6 Å². The number of nitrogens with zero attached hydrogens (tertiary/aromatic N) is 3. The largest absolute Gasteiger partial charge is 0.456 e. The van der Waals surface area contributed by atoms with Crippen LogP contribution in [0.4, 0.5) is 0 Å². The number of para-hydroxylation sites is 1. The molecule has 6 nitrogen and oxygen atoms in total. The Morgan fingerprint density at radius 2 is 2.00 bits per heavy atom. The molecule has 1 aromatic carbocycles. The molecule has 0 saturated carbocycles. The molecule has 0 unspecified atom stereocenters. The van der Waals surface area contributed by atoms with Crippen molar-refractivity contribution >= 4 is 33.2 Å². The van der Waals surface area contributed by atoms with E-state index in [1.807, 2.05) is 43.5 Å². The fourth-order valence-corrected chi connectivity index (χ4v) is 3.76. The number of pyridine rings is 1. The van der Waals surface area contributed by atoms with E-state index in [4.69, 9.17) is 4.74 Å². The predicted molar refractivity (Wildman–Crippen MR) is 99.7 cm³/mol. The quantitative estimate of drug-likeness (QED) is 0.521. The summed E-state index contributed by atoms with van der Waals surface area (Å²) < 4.78 is 6.95. The van der Waals surface area contributed by atoms with E-state index in [1.165, 1.54) is 21.8 Å². The molecule has 0 aliphatic rings. The number of hydrogen-bond donors (Lipinski definition) is 0. The minimum absolute atomic E-state index is 0.0583. The summed E-state index contributed by atoms with van der Waals surface area (Å²) in [5, 5.41) is 2.60. The Balaban J connectivity index is 1.63. The zero-order valence-corrected chi connectivity index (χ0v) is 15.0. The molecular formula is C19H15N3O3S. The molecule has 0 saturated heterocycles. The van der Waals surface area contributed by atoms with Gasteiger partial charge < -0.3 is 4.74 Å². The Kier molecular flexibility index (Phi) is 4.00. The Morgan fingerprint density at radius 1 is 1.19 bits per heavy atom. The molecule has 130 valence electrons. The van der Waals surface area contributed by atoms with Crippen LogP contribution in [0.3, 0.4) is 0 Å². The Hall–Kier alpha value is -3.06. The molecule has 3 heterocycles. The van der Waals surface area contributed by atoms with Crippen LogP contribution in [-0.4, -0.2) is 20.3 Å².